The molecule has 1 N–H and O–H groups in total. The number of hydrogen-bond donors (Lipinski definition) is 1. The standard InChI is InChI=1S/C15H14BrClN2O2/c1-9(2)18-14-5-3-4-12(19-14)15(20)21-13-7-6-10(16)8-11(13)17/h3-9H,1-2H3,(H,18,19). The number of aromatic nitrogens is 1. The number of benzene rings is 1. The first-order valence-electron chi connectivity index (χ1n) is 6.36. The molecule has 2 rings (SSSR count). The van der Waals surface area contributed by atoms with E-state index in [4.69, 9.17) is 16.3 Å². The zero-order valence-electron chi connectivity index (χ0n) is 11.6. The van der Waals surface area contributed by atoms with Gasteiger partial charge in [-0.05, 0) is 44.2 Å². The summed E-state index contributed by atoms with van der Waals surface area (Å²) in [4.78, 5) is 16.3. The minimum atomic E-state index is -0.549. The van der Waals surface area contributed by atoms with Crippen LogP contribution in [0, 0.1) is 0 Å². The Balaban J connectivity index is 2.16. The van der Waals surface area contributed by atoms with Crippen molar-refractivity contribution < 1.29 is 9.53 Å². The summed E-state index contributed by atoms with van der Waals surface area (Å²) in [6.45, 7) is 3.99. The van der Waals surface area contributed by atoms with Gasteiger partial charge in [0.15, 0.2) is 5.69 Å². The largest absolute Gasteiger partial charge is 0.420 e. The van der Waals surface area contributed by atoms with Gasteiger partial charge in [0.1, 0.15) is 11.6 Å². The van der Waals surface area contributed by atoms with Crippen molar-refractivity contribution in [2.24, 2.45) is 0 Å². The summed E-state index contributed by atoms with van der Waals surface area (Å²) in [6, 6.07) is 10.4. The van der Waals surface area contributed by atoms with Crippen molar-refractivity contribution in [3.05, 3.63) is 51.6 Å². The third-order valence-corrected chi connectivity index (χ3v) is 3.28. The van der Waals surface area contributed by atoms with Crippen LogP contribution >= 0.6 is 27.5 Å². The summed E-state index contributed by atoms with van der Waals surface area (Å²) < 4.78 is 6.08. The number of nitrogens with zero attached hydrogens (tertiary/aromatic N) is 1. The van der Waals surface area contributed by atoms with Crippen LogP contribution in [-0.2, 0) is 0 Å². The summed E-state index contributed by atoms with van der Waals surface area (Å²) in [5.41, 5.74) is 0.222. The smallest absolute Gasteiger partial charge is 0.362 e. The maximum absolute atomic E-state index is 12.1. The molecule has 0 fully saturated rings. The molecule has 0 aliphatic rings. The first-order valence-corrected chi connectivity index (χ1v) is 7.53. The molecular weight excluding hydrogens is 356 g/mol. The van der Waals surface area contributed by atoms with E-state index >= 15 is 0 Å². The number of anilines is 1. The molecule has 0 bridgehead atoms. The van der Waals surface area contributed by atoms with Crippen LogP contribution in [0.4, 0.5) is 5.82 Å². The van der Waals surface area contributed by atoms with Gasteiger partial charge in [-0.15, -0.1) is 0 Å². The number of carbonyl (C=O) groups excluding carboxylic acids is 1. The molecule has 0 aliphatic heterocycles. The number of nitrogens with one attached hydrogen (secondary N) is 1. The third-order valence-electron chi connectivity index (χ3n) is 2.49. The molecule has 0 aliphatic carbocycles. The van der Waals surface area contributed by atoms with Crippen LogP contribution in [0.3, 0.4) is 0 Å². The first kappa shape index (κ1) is 15.8. The molecule has 0 radical (unpaired) electrons. The second-order valence-electron chi connectivity index (χ2n) is 4.67. The third kappa shape index (κ3) is 4.44. The molecular formula is C15H14BrClN2O2. The number of hydrogen-bond acceptors (Lipinski definition) is 4. The van der Waals surface area contributed by atoms with E-state index in [9.17, 15) is 4.79 Å². The van der Waals surface area contributed by atoms with Gasteiger partial charge in [0.2, 0.25) is 0 Å². The highest BCUT2D eigenvalue weighted by Crippen LogP contribution is 2.28. The minimum absolute atomic E-state index is 0.222. The van der Waals surface area contributed by atoms with Gasteiger partial charge in [-0.1, -0.05) is 33.6 Å². The Bertz CT molecular complexity index is 662. The van der Waals surface area contributed by atoms with E-state index in [-0.39, 0.29) is 11.7 Å². The van der Waals surface area contributed by atoms with Crippen LogP contribution in [0.15, 0.2) is 40.9 Å². The average molecular weight is 370 g/mol. The van der Waals surface area contributed by atoms with Gasteiger partial charge in [0.05, 0.1) is 5.02 Å². The molecule has 0 unspecified atom stereocenters. The number of rotatable bonds is 4. The molecule has 4 nitrogen and oxygen atoms in total. The van der Waals surface area contributed by atoms with E-state index in [0.29, 0.717) is 16.6 Å². The lowest BCUT2D eigenvalue weighted by Crippen LogP contribution is -2.15. The van der Waals surface area contributed by atoms with Crippen LogP contribution in [0.2, 0.25) is 5.02 Å². The molecule has 0 saturated heterocycles. The predicted molar refractivity (Wildman–Crippen MR) is 87.1 cm³/mol. The summed E-state index contributed by atoms with van der Waals surface area (Å²) in [5.74, 6) is 0.377. The van der Waals surface area contributed by atoms with Crippen LogP contribution in [-0.4, -0.2) is 17.0 Å². The van der Waals surface area contributed by atoms with Crippen molar-refractivity contribution in [2.75, 3.05) is 5.32 Å². The fourth-order valence-electron chi connectivity index (χ4n) is 1.63. The lowest BCUT2D eigenvalue weighted by Gasteiger charge is -2.10. The van der Waals surface area contributed by atoms with E-state index in [1.165, 1.54) is 0 Å². The second-order valence-corrected chi connectivity index (χ2v) is 5.99. The number of carbonyl (C=O) groups is 1. The number of ether oxygens (including phenoxy) is 1. The molecule has 0 saturated carbocycles. The molecule has 1 heterocycles. The molecule has 0 amide bonds. The predicted octanol–water partition coefficient (Wildman–Crippen LogP) is 4.54. The Hall–Kier alpha value is -1.59. The summed E-state index contributed by atoms with van der Waals surface area (Å²) in [5, 5.41) is 3.49. The van der Waals surface area contributed by atoms with E-state index in [0.717, 1.165) is 4.47 Å². The molecule has 21 heavy (non-hydrogen) atoms. The summed E-state index contributed by atoms with van der Waals surface area (Å²) in [6.07, 6.45) is 0. The molecule has 0 spiro atoms. The van der Waals surface area contributed by atoms with E-state index < -0.39 is 5.97 Å². The Morgan fingerprint density at radius 3 is 2.76 bits per heavy atom. The highest BCUT2D eigenvalue weighted by Gasteiger charge is 2.13. The monoisotopic (exact) mass is 368 g/mol. The average Bonchev–Trinajstić information content (AvgIpc) is 2.41. The summed E-state index contributed by atoms with van der Waals surface area (Å²) >= 11 is 9.32. The fourth-order valence-corrected chi connectivity index (χ4v) is 2.35. The van der Waals surface area contributed by atoms with Crippen LogP contribution in [0.25, 0.3) is 0 Å². The Labute approximate surface area is 136 Å². The van der Waals surface area contributed by atoms with Crippen molar-refractivity contribution in [2.45, 2.75) is 19.9 Å². The van der Waals surface area contributed by atoms with Crippen molar-refractivity contribution >= 4 is 39.3 Å². The van der Waals surface area contributed by atoms with Crippen LogP contribution in [0.1, 0.15) is 24.3 Å². The van der Waals surface area contributed by atoms with Crippen molar-refractivity contribution in [3.8, 4) is 5.75 Å². The van der Waals surface area contributed by atoms with Gasteiger partial charge in [-0.2, -0.15) is 0 Å². The van der Waals surface area contributed by atoms with Crippen molar-refractivity contribution in [1.29, 1.82) is 0 Å². The molecule has 0 atom stereocenters. The van der Waals surface area contributed by atoms with E-state index in [1.54, 1.807) is 36.4 Å². The highest BCUT2D eigenvalue weighted by atomic mass is 79.9. The fraction of sp³-hybridized carbons (Fsp3) is 0.200. The summed E-state index contributed by atoms with van der Waals surface area (Å²) in [7, 11) is 0. The second kappa shape index (κ2) is 6.91. The molecule has 6 heteroatoms. The normalized spacial score (nSPS) is 10.5. The zero-order valence-corrected chi connectivity index (χ0v) is 13.9. The highest BCUT2D eigenvalue weighted by molar-refractivity contribution is 9.10. The van der Waals surface area contributed by atoms with Crippen molar-refractivity contribution in [1.82, 2.24) is 4.98 Å². The number of halogens is 2. The lowest BCUT2D eigenvalue weighted by molar-refractivity contribution is 0.0729. The van der Waals surface area contributed by atoms with Gasteiger partial charge in [0, 0.05) is 10.5 Å². The maximum atomic E-state index is 12.1. The number of pyridine rings is 1. The van der Waals surface area contributed by atoms with Crippen LogP contribution < -0.4 is 10.1 Å². The minimum Gasteiger partial charge on any atom is -0.420 e. The van der Waals surface area contributed by atoms with E-state index in [2.05, 4.69) is 26.2 Å². The topological polar surface area (TPSA) is 51.2 Å². The van der Waals surface area contributed by atoms with Gasteiger partial charge < -0.3 is 10.1 Å². The lowest BCUT2D eigenvalue weighted by atomic mass is 10.3. The molecule has 1 aromatic heterocycles. The quantitative estimate of drug-likeness (QED) is 0.635. The Kier molecular flexibility index (Phi) is 5.20. The van der Waals surface area contributed by atoms with E-state index in [1.807, 2.05) is 13.8 Å². The Morgan fingerprint density at radius 2 is 2.10 bits per heavy atom. The maximum Gasteiger partial charge on any atom is 0.362 e. The van der Waals surface area contributed by atoms with Gasteiger partial charge in [0.25, 0.3) is 0 Å². The number of esters is 1. The molecule has 1 aromatic carbocycles. The van der Waals surface area contributed by atoms with Crippen molar-refractivity contribution in [3.63, 3.8) is 0 Å². The molecule has 2 aromatic rings. The van der Waals surface area contributed by atoms with Gasteiger partial charge in [-0.3, -0.25) is 0 Å². The van der Waals surface area contributed by atoms with Gasteiger partial charge in [-0.25, -0.2) is 9.78 Å². The SMILES string of the molecule is CC(C)Nc1cccc(C(=O)Oc2ccc(Br)cc2Cl)n1. The van der Waals surface area contributed by atoms with Crippen LogP contribution in [0.5, 0.6) is 5.75 Å². The van der Waals surface area contributed by atoms with Gasteiger partial charge >= 0.3 is 5.97 Å². The first-order chi connectivity index (χ1) is 9.95. The zero-order chi connectivity index (χ0) is 15.4. The molecule has 110 valence electrons. The Morgan fingerprint density at radius 1 is 1.33 bits per heavy atom.